The zero-order valence-electron chi connectivity index (χ0n) is 21.3. The molecular formula is C32H30N2O5. The van der Waals surface area contributed by atoms with E-state index in [-0.39, 0.29) is 30.2 Å². The Labute approximate surface area is 227 Å². The van der Waals surface area contributed by atoms with Crippen molar-refractivity contribution >= 4 is 17.8 Å². The first-order chi connectivity index (χ1) is 19.0. The Balaban J connectivity index is 1.48. The van der Waals surface area contributed by atoms with Crippen LogP contribution in [0, 0.1) is 0 Å². The number of phenols is 1. The SMILES string of the molecule is O=C(N[C@@H](COC(=O)[C@@H](Cc1ccccc1)NC(=O)c1cccc(O)c1)Cc1ccccc1)c1ccccc1. The quantitative estimate of drug-likeness (QED) is 0.255. The zero-order valence-corrected chi connectivity index (χ0v) is 21.3. The number of nitrogens with one attached hydrogen (secondary N) is 2. The van der Waals surface area contributed by atoms with E-state index in [4.69, 9.17) is 4.74 Å². The van der Waals surface area contributed by atoms with Crippen LogP contribution in [0.1, 0.15) is 31.8 Å². The maximum atomic E-state index is 13.3. The van der Waals surface area contributed by atoms with Crippen molar-refractivity contribution in [3.05, 3.63) is 138 Å². The topological polar surface area (TPSA) is 105 Å². The second-order valence-electron chi connectivity index (χ2n) is 9.12. The maximum Gasteiger partial charge on any atom is 0.329 e. The molecule has 0 bridgehead atoms. The van der Waals surface area contributed by atoms with Crippen molar-refractivity contribution in [1.82, 2.24) is 10.6 Å². The number of hydrogen-bond acceptors (Lipinski definition) is 5. The Hall–Kier alpha value is -4.91. The van der Waals surface area contributed by atoms with Gasteiger partial charge < -0.3 is 20.5 Å². The van der Waals surface area contributed by atoms with Crippen LogP contribution in [0.5, 0.6) is 5.75 Å². The molecule has 0 unspecified atom stereocenters. The number of hydrogen-bond donors (Lipinski definition) is 3. The summed E-state index contributed by atoms with van der Waals surface area (Å²) in [5.74, 6) is -1.46. The lowest BCUT2D eigenvalue weighted by molar-refractivity contribution is -0.146. The average Bonchev–Trinajstić information content (AvgIpc) is 2.97. The molecule has 3 N–H and O–H groups in total. The molecule has 0 aromatic heterocycles. The number of carbonyl (C=O) groups is 3. The third kappa shape index (κ3) is 8.30. The van der Waals surface area contributed by atoms with Crippen molar-refractivity contribution in [3.8, 4) is 5.75 Å². The number of benzene rings is 4. The van der Waals surface area contributed by atoms with Gasteiger partial charge in [0.25, 0.3) is 11.8 Å². The summed E-state index contributed by atoms with van der Waals surface area (Å²) in [6.07, 6.45) is 0.662. The standard InChI is InChI=1S/C32H30N2O5/c35-28-18-10-17-26(21-28)31(37)34-29(20-24-13-6-2-7-14-24)32(38)39-22-27(19-23-11-4-1-5-12-23)33-30(36)25-15-8-3-9-16-25/h1-18,21,27,29,35H,19-20,22H2,(H,33,36)(H,34,37)/t27-,29-/m1/s1. The average molecular weight is 523 g/mol. The minimum atomic E-state index is -0.982. The van der Waals surface area contributed by atoms with Crippen molar-refractivity contribution < 1.29 is 24.2 Å². The Morgan fingerprint density at radius 1 is 0.641 bits per heavy atom. The van der Waals surface area contributed by atoms with Crippen LogP contribution in [0.3, 0.4) is 0 Å². The molecule has 4 rings (SSSR count). The monoisotopic (exact) mass is 522 g/mol. The number of ether oxygens (including phenoxy) is 1. The highest BCUT2D eigenvalue weighted by Gasteiger charge is 2.25. The number of esters is 1. The lowest BCUT2D eigenvalue weighted by Crippen LogP contribution is -2.46. The van der Waals surface area contributed by atoms with Crippen LogP contribution in [0.15, 0.2) is 115 Å². The highest BCUT2D eigenvalue weighted by Crippen LogP contribution is 2.13. The first-order valence-electron chi connectivity index (χ1n) is 12.7. The molecule has 2 amide bonds. The van der Waals surface area contributed by atoms with E-state index in [2.05, 4.69) is 10.6 Å². The smallest absolute Gasteiger partial charge is 0.329 e. The van der Waals surface area contributed by atoms with Crippen molar-refractivity contribution in [2.45, 2.75) is 24.9 Å². The van der Waals surface area contributed by atoms with Crippen molar-refractivity contribution in [1.29, 1.82) is 0 Å². The third-order valence-electron chi connectivity index (χ3n) is 6.10. The van der Waals surface area contributed by atoms with Gasteiger partial charge in [0.2, 0.25) is 0 Å². The number of carbonyl (C=O) groups excluding carboxylic acids is 3. The van der Waals surface area contributed by atoms with E-state index < -0.39 is 24.0 Å². The summed E-state index contributed by atoms with van der Waals surface area (Å²) in [4.78, 5) is 39.1. The molecule has 0 heterocycles. The first-order valence-corrected chi connectivity index (χ1v) is 12.7. The fourth-order valence-corrected chi connectivity index (χ4v) is 4.12. The maximum absolute atomic E-state index is 13.3. The van der Waals surface area contributed by atoms with E-state index in [0.717, 1.165) is 11.1 Å². The zero-order chi connectivity index (χ0) is 27.5. The van der Waals surface area contributed by atoms with E-state index in [9.17, 15) is 19.5 Å². The lowest BCUT2D eigenvalue weighted by Gasteiger charge is -2.22. The van der Waals surface area contributed by atoms with Gasteiger partial charge in [-0.1, -0.05) is 84.9 Å². The molecule has 0 saturated carbocycles. The molecular weight excluding hydrogens is 492 g/mol. The fourth-order valence-electron chi connectivity index (χ4n) is 4.12. The van der Waals surface area contributed by atoms with Gasteiger partial charge in [-0.25, -0.2) is 4.79 Å². The predicted molar refractivity (Wildman–Crippen MR) is 148 cm³/mol. The molecule has 0 saturated heterocycles. The highest BCUT2D eigenvalue weighted by molar-refractivity contribution is 5.97. The summed E-state index contributed by atoms with van der Waals surface area (Å²) in [5, 5.41) is 15.5. The summed E-state index contributed by atoms with van der Waals surface area (Å²) in [6.45, 7) is -0.0837. The minimum Gasteiger partial charge on any atom is -0.508 e. The first kappa shape index (κ1) is 27.1. The van der Waals surface area contributed by atoms with Gasteiger partial charge in [-0.05, 0) is 47.9 Å². The molecule has 0 radical (unpaired) electrons. The molecule has 0 aliphatic carbocycles. The predicted octanol–water partition coefficient (Wildman–Crippen LogP) is 4.32. The van der Waals surface area contributed by atoms with E-state index in [0.29, 0.717) is 12.0 Å². The van der Waals surface area contributed by atoms with Crippen LogP contribution in [0.2, 0.25) is 0 Å². The molecule has 198 valence electrons. The molecule has 0 aliphatic rings. The summed E-state index contributed by atoms with van der Waals surface area (Å²) in [7, 11) is 0. The van der Waals surface area contributed by atoms with Gasteiger partial charge in [-0.15, -0.1) is 0 Å². The Morgan fingerprint density at radius 3 is 1.79 bits per heavy atom. The molecule has 0 aliphatic heterocycles. The molecule has 0 spiro atoms. The Kier molecular flexibility index (Phi) is 9.45. The van der Waals surface area contributed by atoms with Crippen LogP contribution in [0.4, 0.5) is 0 Å². The normalized spacial score (nSPS) is 12.1. The van der Waals surface area contributed by atoms with Crippen LogP contribution >= 0.6 is 0 Å². The van der Waals surface area contributed by atoms with Gasteiger partial charge in [0, 0.05) is 17.5 Å². The minimum absolute atomic E-state index is 0.0530. The summed E-state index contributed by atoms with van der Waals surface area (Å²) in [5.41, 5.74) is 2.54. The van der Waals surface area contributed by atoms with Crippen LogP contribution < -0.4 is 10.6 Å². The Morgan fingerprint density at radius 2 is 1.18 bits per heavy atom. The van der Waals surface area contributed by atoms with Gasteiger partial charge in [0.1, 0.15) is 18.4 Å². The fraction of sp³-hybridized carbons (Fsp3) is 0.156. The summed E-state index contributed by atoms with van der Waals surface area (Å²) in [6, 6.07) is 32.1. The van der Waals surface area contributed by atoms with Gasteiger partial charge in [0.15, 0.2) is 0 Å². The van der Waals surface area contributed by atoms with Crippen LogP contribution in [-0.4, -0.2) is 41.6 Å². The van der Waals surface area contributed by atoms with E-state index in [1.807, 2.05) is 66.7 Å². The molecule has 7 nitrogen and oxygen atoms in total. The van der Waals surface area contributed by atoms with Crippen molar-refractivity contribution in [2.75, 3.05) is 6.61 Å². The van der Waals surface area contributed by atoms with Gasteiger partial charge in [0.05, 0.1) is 6.04 Å². The molecule has 39 heavy (non-hydrogen) atoms. The molecule has 7 heteroatoms. The Bertz CT molecular complexity index is 1380. The van der Waals surface area contributed by atoms with Crippen molar-refractivity contribution in [3.63, 3.8) is 0 Å². The van der Waals surface area contributed by atoms with E-state index >= 15 is 0 Å². The molecule has 4 aromatic carbocycles. The van der Waals surface area contributed by atoms with Gasteiger partial charge in [-0.2, -0.15) is 0 Å². The number of aromatic hydroxyl groups is 1. The summed E-state index contributed by atoms with van der Waals surface area (Å²) >= 11 is 0. The highest BCUT2D eigenvalue weighted by atomic mass is 16.5. The summed E-state index contributed by atoms with van der Waals surface area (Å²) < 4.78 is 5.69. The van der Waals surface area contributed by atoms with Gasteiger partial charge in [-0.3, -0.25) is 9.59 Å². The largest absolute Gasteiger partial charge is 0.508 e. The van der Waals surface area contributed by atoms with E-state index in [1.54, 1.807) is 36.4 Å². The number of phenolic OH excluding ortho intramolecular Hbond substituents is 1. The van der Waals surface area contributed by atoms with Crippen LogP contribution in [-0.2, 0) is 22.4 Å². The van der Waals surface area contributed by atoms with Crippen LogP contribution in [0.25, 0.3) is 0 Å². The molecule has 2 atom stereocenters. The lowest BCUT2D eigenvalue weighted by atomic mass is 10.0. The second-order valence-corrected chi connectivity index (χ2v) is 9.12. The molecule has 0 fully saturated rings. The number of amides is 2. The molecule has 4 aromatic rings. The van der Waals surface area contributed by atoms with E-state index in [1.165, 1.54) is 12.1 Å². The van der Waals surface area contributed by atoms with Gasteiger partial charge >= 0.3 is 5.97 Å². The second kappa shape index (κ2) is 13.6. The van der Waals surface area contributed by atoms with Crippen molar-refractivity contribution in [2.24, 2.45) is 0 Å². The third-order valence-corrected chi connectivity index (χ3v) is 6.10. The number of rotatable bonds is 11.